The van der Waals surface area contributed by atoms with Crippen molar-refractivity contribution >= 4 is 17.2 Å². The molecular weight excluding hydrogens is 356 g/mol. The minimum Gasteiger partial charge on any atom is -0.507 e. The highest BCUT2D eigenvalue weighted by Crippen LogP contribution is 2.36. The topological polar surface area (TPSA) is 102 Å². The first-order valence-corrected chi connectivity index (χ1v) is 8.77. The highest BCUT2D eigenvalue weighted by Gasteiger charge is 2.18. The molecule has 142 valence electrons. The van der Waals surface area contributed by atoms with E-state index in [4.69, 9.17) is 5.11 Å². The molecule has 0 radical (unpaired) electrons. The highest BCUT2D eigenvalue weighted by molar-refractivity contribution is 6.12. The summed E-state index contributed by atoms with van der Waals surface area (Å²) in [5, 5.41) is 37.2. The van der Waals surface area contributed by atoms with Crippen molar-refractivity contribution in [3.05, 3.63) is 82.9 Å². The van der Waals surface area contributed by atoms with E-state index < -0.39 is 0 Å². The molecule has 0 heterocycles. The quantitative estimate of drug-likeness (QED) is 0.432. The predicted octanol–water partition coefficient (Wildman–Crippen LogP) is 4.59. The Morgan fingerprint density at radius 2 is 1.61 bits per heavy atom. The molecule has 0 saturated carbocycles. The van der Waals surface area contributed by atoms with Crippen LogP contribution in [0.15, 0.2) is 70.9 Å². The van der Waals surface area contributed by atoms with Gasteiger partial charge >= 0.3 is 0 Å². The van der Waals surface area contributed by atoms with Crippen molar-refractivity contribution in [2.45, 2.75) is 13.3 Å². The van der Waals surface area contributed by atoms with Gasteiger partial charge < -0.3 is 15.3 Å². The summed E-state index contributed by atoms with van der Waals surface area (Å²) < 4.78 is 0. The largest absolute Gasteiger partial charge is 0.507 e. The Morgan fingerprint density at radius 3 is 2.29 bits per heavy atom. The molecule has 0 aliphatic carbocycles. The van der Waals surface area contributed by atoms with E-state index in [1.165, 1.54) is 6.07 Å². The van der Waals surface area contributed by atoms with Crippen LogP contribution in [0.1, 0.15) is 27.0 Å². The third-order valence-electron chi connectivity index (χ3n) is 4.34. The maximum Gasteiger partial charge on any atom is 0.197 e. The zero-order valence-electron chi connectivity index (χ0n) is 15.3. The lowest BCUT2D eigenvalue weighted by Gasteiger charge is -2.08. The van der Waals surface area contributed by atoms with Crippen LogP contribution < -0.4 is 0 Å². The Balaban J connectivity index is 1.91. The van der Waals surface area contributed by atoms with Gasteiger partial charge in [-0.3, -0.25) is 4.79 Å². The number of carbonyl (C=O) groups excluding carboxylic acids is 1. The van der Waals surface area contributed by atoms with Gasteiger partial charge in [0, 0.05) is 18.2 Å². The lowest BCUT2D eigenvalue weighted by atomic mass is 9.98. The molecule has 6 heteroatoms. The van der Waals surface area contributed by atoms with Crippen molar-refractivity contribution in [1.29, 1.82) is 0 Å². The van der Waals surface area contributed by atoms with E-state index in [0.717, 1.165) is 17.2 Å². The third-order valence-corrected chi connectivity index (χ3v) is 4.34. The second-order valence-electron chi connectivity index (χ2n) is 6.34. The molecule has 0 amide bonds. The van der Waals surface area contributed by atoms with Gasteiger partial charge in [0.05, 0.1) is 11.3 Å². The molecule has 0 spiro atoms. The van der Waals surface area contributed by atoms with Crippen LogP contribution in [0.3, 0.4) is 0 Å². The molecule has 0 aromatic heterocycles. The van der Waals surface area contributed by atoms with Crippen molar-refractivity contribution < 1.29 is 20.1 Å². The van der Waals surface area contributed by atoms with Crippen molar-refractivity contribution in [2.75, 3.05) is 6.61 Å². The van der Waals surface area contributed by atoms with Crippen molar-refractivity contribution in [1.82, 2.24) is 0 Å². The molecular formula is C22H20N2O4. The number of hydrogen-bond acceptors (Lipinski definition) is 6. The molecule has 0 bridgehead atoms. The van der Waals surface area contributed by atoms with Crippen molar-refractivity contribution in [3.63, 3.8) is 0 Å². The SMILES string of the molecule is Cc1ccccc1C(=O)c1cc(N=Nc2ccc(CCO)cc2)c(O)cc1O. The first-order valence-electron chi connectivity index (χ1n) is 8.77. The molecule has 3 rings (SSSR count). The second kappa shape index (κ2) is 8.45. The zero-order valence-corrected chi connectivity index (χ0v) is 15.3. The first-order chi connectivity index (χ1) is 13.5. The number of aliphatic hydroxyl groups is 1. The number of rotatable bonds is 6. The average molecular weight is 376 g/mol. The number of benzene rings is 3. The van der Waals surface area contributed by atoms with Crippen LogP contribution >= 0.6 is 0 Å². The van der Waals surface area contributed by atoms with Gasteiger partial charge in [0.2, 0.25) is 0 Å². The van der Waals surface area contributed by atoms with Crippen LogP contribution in [0.5, 0.6) is 11.5 Å². The lowest BCUT2D eigenvalue weighted by Crippen LogP contribution is -2.03. The number of phenols is 2. The van der Waals surface area contributed by atoms with Gasteiger partial charge in [0.15, 0.2) is 5.78 Å². The number of aromatic hydroxyl groups is 2. The maximum absolute atomic E-state index is 12.8. The number of ketones is 1. The summed E-state index contributed by atoms with van der Waals surface area (Å²) in [5.74, 6) is -0.960. The summed E-state index contributed by atoms with van der Waals surface area (Å²) >= 11 is 0. The van der Waals surface area contributed by atoms with E-state index in [1.54, 1.807) is 24.3 Å². The summed E-state index contributed by atoms with van der Waals surface area (Å²) in [5.41, 5.74) is 2.89. The Kier molecular flexibility index (Phi) is 5.81. The van der Waals surface area contributed by atoms with E-state index in [0.29, 0.717) is 17.7 Å². The fourth-order valence-electron chi connectivity index (χ4n) is 2.77. The molecule has 3 aromatic rings. The molecule has 0 aliphatic heterocycles. The van der Waals surface area contributed by atoms with Crippen LogP contribution in [0.4, 0.5) is 11.4 Å². The number of aryl methyl sites for hydroxylation is 1. The second-order valence-corrected chi connectivity index (χ2v) is 6.34. The molecule has 0 saturated heterocycles. The molecule has 0 unspecified atom stereocenters. The van der Waals surface area contributed by atoms with Gasteiger partial charge in [0.25, 0.3) is 0 Å². The number of aliphatic hydroxyl groups excluding tert-OH is 1. The lowest BCUT2D eigenvalue weighted by molar-refractivity contribution is 0.103. The van der Waals surface area contributed by atoms with E-state index in [-0.39, 0.29) is 35.1 Å². The van der Waals surface area contributed by atoms with Crippen LogP contribution in [0, 0.1) is 6.92 Å². The Morgan fingerprint density at radius 1 is 0.893 bits per heavy atom. The van der Waals surface area contributed by atoms with E-state index >= 15 is 0 Å². The monoisotopic (exact) mass is 376 g/mol. The molecule has 0 aliphatic rings. The minimum absolute atomic E-state index is 0.0411. The Hall–Kier alpha value is -3.51. The number of carbonyl (C=O) groups is 1. The third kappa shape index (κ3) is 4.24. The summed E-state index contributed by atoms with van der Waals surface area (Å²) in [7, 11) is 0. The highest BCUT2D eigenvalue weighted by atomic mass is 16.3. The molecule has 6 nitrogen and oxygen atoms in total. The molecule has 0 atom stereocenters. The van der Waals surface area contributed by atoms with Crippen LogP contribution in [-0.2, 0) is 6.42 Å². The van der Waals surface area contributed by atoms with E-state index in [9.17, 15) is 15.0 Å². The number of azo groups is 1. The predicted molar refractivity (Wildman–Crippen MR) is 106 cm³/mol. The Labute approximate surface area is 162 Å². The molecule has 0 fully saturated rings. The summed E-state index contributed by atoms with van der Waals surface area (Å²) in [6.07, 6.45) is 0.556. The number of hydrogen-bond donors (Lipinski definition) is 3. The van der Waals surface area contributed by atoms with Gasteiger partial charge in [-0.15, -0.1) is 5.11 Å². The molecule has 28 heavy (non-hydrogen) atoms. The van der Waals surface area contributed by atoms with Gasteiger partial charge in [-0.05, 0) is 42.7 Å². The summed E-state index contributed by atoms with van der Waals surface area (Å²) in [4.78, 5) is 12.8. The maximum atomic E-state index is 12.8. The van der Waals surface area contributed by atoms with Gasteiger partial charge in [-0.1, -0.05) is 36.4 Å². The molecule has 3 N–H and O–H groups in total. The smallest absolute Gasteiger partial charge is 0.197 e. The standard InChI is InChI=1S/C22H20N2O4/c1-14-4-2-3-5-17(14)22(28)18-12-19(21(27)13-20(18)26)24-23-16-8-6-15(7-9-16)10-11-25/h2-9,12-13,25-27H,10-11H2,1H3. The summed E-state index contributed by atoms with van der Waals surface area (Å²) in [6, 6.07) is 16.6. The summed E-state index contributed by atoms with van der Waals surface area (Å²) in [6.45, 7) is 1.88. The average Bonchev–Trinajstić information content (AvgIpc) is 2.68. The first kappa shape index (κ1) is 19.3. The fourth-order valence-corrected chi connectivity index (χ4v) is 2.77. The zero-order chi connectivity index (χ0) is 20.1. The van der Waals surface area contributed by atoms with E-state index in [1.807, 2.05) is 31.2 Å². The number of nitrogens with zero attached hydrogens (tertiary/aromatic N) is 2. The van der Waals surface area contributed by atoms with Crippen LogP contribution in [0.25, 0.3) is 0 Å². The van der Waals surface area contributed by atoms with E-state index in [2.05, 4.69) is 10.2 Å². The Bertz CT molecular complexity index is 1030. The molecule has 3 aromatic carbocycles. The van der Waals surface area contributed by atoms with Gasteiger partial charge in [0.1, 0.15) is 17.2 Å². The van der Waals surface area contributed by atoms with Gasteiger partial charge in [-0.25, -0.2) is 0 Å². The van der Waals surface area contributed by atoms with Crippen LogP contribution in [-0.4, -0.2) is 27.7 Å². The van der Waals surface area contributed by atoms with Crippen molar-refractivity contribution in [3.8, 4) is 11.5 Å². The number of phenolic OH excluding ortho intramolecular Hbond substituents is 2. The fraction of sp³-hybridized carbons (Fsp3) is 0.136. The van der Waals surface area contributed by atoms with Gasteiger partial charge in [-0.2, -0.15) is 5.11 Å². The minimum atomic E-state index is -0.361. The van der Waals surface area contributed by atoms with Crippen molar-refractivity contribution in [2.24, 2.45) is 10.2 Å². The normalized spacial score (nSPS) is 11.1. The van der Waals surface area contributed by atoms with Crippen LogP contribution in [0.2, 0.25) is 0 Å².